The molecule has 0 saturated carbocycles. The Labute approximate surface area is 221 Å². The zero-order valence-corrected chi connectivity index (χ0v) is 22.0. The van der Waals surface area contributed by atoms with Crippen molar-refractivity contribution in [3.05, 3.63) is 83.7 Å². The number of aromatic nitrogens is 1. The smallest absolute Gasteiger partial charge is 0.203 e. The molecular formula is C30H30N2O6. The Kier molecular flexibility index (Phi) is 8.23. The fourth-order valence-electron chi connectivity index (χ4n) is 4.11. The highest BCUT2D eigenvalue weighted by atomic mass is 16.5. The maximum atomic E-state index is 12.9. The average molecular weight is 515 g/mol. The van der Waals surface area contributed by atoms with E-state index in [-0.39, 0.29) is 5.78 Å². The average Bonchev–Trinajstić information content (AvgIpc) is 3.39. The van der Waals surface area contributed by atoms with Gasteiger partial charge in [-0.3, -0.25) is 4.79 Å². The van der Waals surface area contributed by atoms with Gasteiger partial charge in [-0.05, 0) is 29.8 Å². The molecule has 8 nitrogen and oxygen atoms in total. The molecule has 0 radical (unpaired) electrons. The number of aromatic amines is 1. The number of ketones is 1. The van der Waals surface area contributed by atoms with Gasteiger partial charge in [0.1, 0.15) is 0 Å². The van der Waals surface area contributed by atoms with Crippen molar-refractivity contribution in [2.24, 2.45) is 0 Å². The number of hydrogen-bond donors (Lipinski definition) is 2. The Morgan fingerprint density at radius 3 is 2.11 bits per heavy atom. The maximum Gasteiger partial charge on any atom is 0.203 e. The number of allylic oxidation sites excluding steroid dienone is 1. The molecule has 1 aromatic heterocycles. The molecule has 0 saturated heterocycles. The third-order valence-electron chi connectivity index (χ3n) is 6.03. The zero-order chi connectivity index (χ0) is 27.1. The Bertz CT molecular complexity index is 1480. The van der Waals surface area contributed by atoms with E-state index in [0.717, 1.165) is 22.0 Å². The van der Waals surface area contributed by atoms with Crippen LogP contribution in [-0.4, -0.2) is 46.3 Å². The van der Waals surface area contributed by atoms with Gasteiger partial charge in [-0.15, -0.1) is 0 Å². The van der Waals surface area contributed by atoms with E-state index in [1.54, 1.807) is 47.9 Å². The number of ether oxygens (including phenoxy) is 5. The van der Waals surface area contributed by atoms with Crippen LogP contribution in [0.25, 0.3) is 23.1 Å². The van der Waals surface area contributed by atoms with Gasteiger partial charge in [0.05, 0.1) is 35.5 Å². The van der Waals surface area contributed by atoms with Gasteiger partial charge in [0.2, 0.25) is 5.75 Å². The first-order chi connectivity index (χ1) is 18.5. The molecule has 4 aromatic rings. The van der Waals surface area contributed by atoms with Crippen LogP contribution in [0.3, 0.4) is 0 Å². The van der Waals surface area contributed by atoms with Crippen LogP contribution in [-0.2, 0) is 0 Å². The predicted octanol–water partition coefficient (Wildman–Crippen LogP) is 6.19. The number of H-pyrrole nitrogens is 1. The summed E-state index contributed by atoms with van der Waals surface area (Å²) in [7, 11) is 7.87. The molecule has 0 aliphatic heterocycles. The first-order valence-electron chi connectivity index (χ1n) is 11.8. The SMILES string of the molecule is COc1cc(/C=C\c2cc(OC)c(OC)c(OC)c2)c(N/C=C\C(=O)c2c[nH]c3ccccc23)cc1OC. The second-order valence-corrected chi connectivity index (χ2v) is 8.18. The summed E-state index contributed by atoms with van der Waals surface area (Å²) in [5, 5.41) is 4.09. The Hall–Kier alpha value is -4.85. The summed E-state index contributed by atoms with van der Waals surface area (Å²) in [6, 6.07) is 15.1. The number of carbonyl (C=O) groups excluding carboxylic acids is 1. The van der Waals surface area contributed by atoms with Crippen LogP contribution in [0.4, 0.5) is 5.69 Å². The maximum absolute atomic E-state index is 12.9. The van der Waals surface area contributed by atoms with Crippen molar-refractivity contribution in [1.29, 1.82) is 0 Å². The highest BCUT2D eigenvalue weighted by Gasteiger charge is 2.13. The highest BCUT2D eigenvalue weighted by molar-refractivity contribution is 6.13. The Morgan fingerprint density at radius 2 is 1.45 bits per heavy atom. The minimum absolute atomic E-state index is 0.120. The normalized spacial score (nSPS) is 11.2. The van der Waals surface area contributed by atoms with Gasteiger partial charge in [-0.25, -0.2) is 0 Å². The second kappa shape index (κ2) is 11.9. The third-order valence-corrected chi connectivity index (χ3v) is 6.03. The van der Waals surface area contributed by atoms with Crippen molar-refractivity contribution in [1.82, 2.24) is 4.98 Å². The van der Waals surface area contributed by atoms with E-state index in [0.29, 0.717) is 40.0 Å². The van der Waals surface area contributed by atoms with E-state index in [9.17, 15) is 4.79 Å². The fraction of sp³-hybridized carbons (Fsp3) is 0.167. The number of nitrogens with one attached hydrogen (secondary N) is 2. The van der Waals surface area contributed by atoms with Crippen molar-refractivity contribution in [3.63, 3.8) is 0 Å². The zero-order valence-electron chi connectivity index (χ0n) is 22.0. The standard InChI is InChI=1S/C30H30N2O6/c1-34-26-16-20(11-10-19-14-28(36-3)30(38-5)29(15-19)37-4)24(17-27(26)35-2)31-13-12-25(33)22-18-32-23-9-7-6-8-21(22)23/h6-18,31-32H,1-5H3/b11-10-,13-12-. The van der Waals surface area contributed by atoms with Gasteiger partial charge in [0, 0.05) is 52.3 Å². The van der Waals surface area contributed by atoms with Gasteiger partial charge in [0.25, 0.3) is 0 Å². The first-order valence-corrected chi connectivity index (χ1v) is 11.8. The molecule has 0 aliphatic rings. The van der Waals surface area contributed by atoms with Crippen LogP contribution >= 0.6 is 0 Å². The molecule has 0 aliphatic carbocycles. The topological polar surface area (TPSA) is 91.0 Å². The van der Waals surface area contributed by atoms with Gasteiger partial charge in [0.15, 0.2) is 28.8 Å². The molecule has 0 atom stereocenters. The monoisotopic (exact) mass is 514 g/mol. The molecule has 0 amide bonds. The summed E-state index contributed by atoms with van der Waals surface area (Å²) in [4.78, 5) is 16.0. The Balaban J connectivity index is 1.64. The molecule has 38 heavy (non-hydrogen) atoms. The number of rotatable bonds is 11. The lowest BCUT2D eigenvalue weighted by atomic mass is 10.1. The quantitative estimate of drug-likeness (QED) is 0.140. The predicted molar refractivity (Wildman–Crippen MR) is 150 cm³/mol. The fourth-order valence-corrected chi connectivity index (χ4v) is 4.11. The molecule has 0 spiro atoms. The molecule has 0 bridgehead atoms. The van der Waals surface area contributed by atoms with Gasteiger partial charge in [-0.2, -0.15) is 0 Å². The van der Waals surface area contributed by atoms with Crippen LogP contribution in [0.1, 0.15) is 21.5 Å². The minimum Gasteiger partial charge on any atom is -0.493 e. The molecule has 0 unspecified atom stereocenters. The van der Waals surface area contributed by atoms with Crippen LogP contribution in [0, 0.1) is 0 Å². The van der Waals surface area contributed by atoms with E-state index >= 15 is 0 Å². The molecule has 4 rings (SSSR count). The third kappa shape index (κ3) is 5.44. The van der Waals surface area contributed by atoms with Crippen LogP contribution < -0.4 is 29.0 Å². The lowest BCUT2D eigenvalue weighted by Gasteiger charge is -2.14. The lowest BCUT2D eigenvalue weighted by molar-refractivity contribution is 0.104. The second-order valence-electron chi connectivity index (χ2n) is 8.18. The molecule has 2 N–H and O–H groups in total. The number of fused-ring (bicyclic) bond motifs is 1. The van der Waals surface area contributed by atoms with Gasteiger partial charge < -0.3 is 34.0 Å². The summed E-state index contributed by atoms with van der Waals surface area (Å²) in [6.45, 7) is 0. The van der Waals surface area contributed by atoms with E-state index in [4.69, 9.17) is 23.7 Å². The molecule has 8 heteroatoms. The number of methoxy groups -OCH3 is 5. The van der Waals surface area contributed by atoms with Crippen molar-refractivity contribution < 1.29 is 28.5 Å². The summed E-state index contributed by atoms with van der Waals surface area (Å²) in [6.07, 6.45) is 8.67. The lowest BCUT2D eigenvalue weighted by Crippen LogP contribution is -1.98. The van der Waals surface area contributed by atoms with E-state index in [1.807, 2.05) is 60.7 Å². The number of hydrogen-bond acceptors (Lipinski definition) is 7. The van der Waals surface area contributed by atoms with Crippen LogP contribution in [0.5, 0.6) is 28.7 Å². The van der Waals surface area contributed by atoms with Crippen LogP contribution in [0.2, 0.25) is 0 Å². The van der Waals surface area contributed by atoms with Crippen molar-refractivity contribution in [2.45, 2.75) is 0 Å². The summed E-state index contributed by atoms with van der Waals surface area (Å²) in [5.74, 6) is 2.63. The summed E-state index contributed by atoms with van der Waals surface area (Å²) >= 11 is 0. The molecule has 196 valence electrons. The molecule has 0 fully saturated rings. The highest BCUT2D eigenvalue weighted by Crippen LogP contribution is 2.39. The molecule has 1 heterocycles. The number of anilines is 1. The van der Waals surface area contributed by atoms with Crippen molar-refractivity contribution >= 4 is 34.5 Å². The minimum atomic E-state index is -0.120. The largest absolute Gasteiger partial charge is 0.493 e. The van der Waals surface area contributed by atoms with Gasteiger partial charge >= 0.3 is 0 Å². The molecular weight excluding hydrogens is 484 g/mol. The van der Waals surface area contributed by atoms with Crippen LogP contribution in [0.15, 0.2) is 67.0 Å². The van der Waals surface area contributed by atoms with E-state index in [1.165, 1.54) is 6.08 Å². The van der Waals surface area contributed by atoms with Crippen molar-refractivity contribution in [2.75, 3.05) is 40.9 Å². The number of benzene rings is 3. The van der Waals surface area contributed by atoms with E-state index in [2.05, 4.69) is 10.3 Å². The first kappa shape index (κ1) is 26.2. The summed E-state index contributed by atoms with van der Waals surface area (Å²) < 4.78 is 27.3. The molecule has 3 aromatic carbocycles. The number of para-hydroxylation sites is 1. The number of carbonyl (C=O) groups is 1. The summed E-state index contributed by atoms with van der Waals surface area (Å²) in [5.41, 5.74) is 3.88. The Morgan fingerprint density at radius 1 is 0.789 bits per heavy atom. The van der Waals surface area contributed by atoms with E-state index < -0.39 is 0 Å². The van der Waals surface area contributed by atoms with Gasteiger partial charge in [-0.1, -0.05) is 30.4 Å². The van der Waals surface area contributed by atoms with Crippen molar-refractivity contribution in [3.8, 4) is 28.7 Å².